The third-order valence-corrected chi connectivity index (χ3v) is 1.72. The zero-order valence-electron chi connectivity index (χ0n) is 4.67. The van der Waals surface area contributed by atoms with E-state index in [0.717, 1.165) is 4.48 Å². The summed E-state index contributed by atoms with van der Waals surface area (Å²) in [4.78, 5) is 11.5. The van der Waals surface area contributed by atoms with E-state index in [4.69, 9.17) is 5.11 Å². The summed E-state index contributed by atoms with van der Waals surface area (Å²) < 4.78 is 0.949. The predicted molar refractivity (Wildman–Crippen MR) is 36.6 cm³/mol. The van der Waals surface area contributed by atoms with Crippen molar-refractivity contribution in [1.29, 1.82) is 0 Å². The SMILES string of the molecule is O=C(O)N1CC=C(Br)C1. The first-order valence-electron chi connectivity index (χ1n) is 2.52. The fraction of sp³-hybridized carbons (Fsp3) is 0.400. The summed E-state index contributed by atoms with van der Waals surface area (Å²) in [6.45, 7) is 1.01. The number of carbonyl (C=O) groups is 1. The lowest BCUT2D eigenvalue weighted by atomic mass is 10.6. The van der Waals surface area contributed by atoms with Crippen LogP contribution in [0, 0.1) is 0 Å². The summed E-state index contributed by atoms with van der Waals surface area (Å²) in [5.41, 5.74) is 0. The number of rotatable bonds is 0. The third kappa shape index (κ3) is 1.45. The third-order valence-electron chi connectivity index (χ3n) is 1.15. The quantitative estimate of drug-likeness (QED) is 0.627. The summed E-state index contributed by atoms with van der Waals surface area (Å²) in [6, 6.07) is 0. The number of hydrogen-bond acceptors (Lipinski definition) is 1. The first-order valence-corrected chi connectivity index (χ1v) is 3.32. The van der Waals surface area contributed by atoms with E-state index in [9.17, 15) is 4.79 Å². The summed E-state index contributed by atoms with van der Waals surface area (Å²) in [5, 5.41) is 8.40. The smallest absolute Gasteiger partial charge is 0.407 e. The van der Waals surface area contributed by atoms with Crippen molar-refractivity contribution < 1.29 is 9.90 Å². The van der Waals surface area contributed by atoms with Crippen LogP contribution in [0.15, 0.2) is 10.6 Å². The van der Waals surface area contributed by atoms with Gasteiger partial charge in [0, 0.05) is 11.0 Å². The Hall–Kier alpha value is -0.510. The average molecular weight is 192 g/mol. The van der Waals surface area contributed by atoms with E-state index >= 15 is 0 Å². The standard InChI is InChI=1S/C5H6BrNO2/c6-4-1-2-7(3-4)5(8)9/h1H,2-3H2,(H,8,9). The van der Waals surface area contributed by atoms with Gasteiger partial charge < -0.3 is 5.11 Å². The molecule has 1 heterocycles. The van der Waals surface area contributed by atoms with Crippen molar-refractivity contribution in [1.82, 2.24) is 4.90 Å². The van der Waals surface area contributed by atoms with Crippen LogP contribution in [0.5, 0.6) is 0 Å². The molecule has 1 amide bonds. The molecule has 1 aliphatic rings. The average Bonchev–Trinajstić information content (AvgIpc) is 2.14. The highest BCUT2D eigenvalue weighted by atomic mass is 79.9. The molecule has 4 heteroatoms. The molecule has 0 atom stereocenters. The number of carboxylic acid groups (broad SMARTS) is 1. The molecule has 3 nitrogen and oxygen atoms in total. The lowest BCUT2D eigenvalue weighted by molar-refractivity contribution is 0.157. The van der Waals surface area contributed by atoms with Crippen molar-refractivity contribution in [3.8, 4) is 0 Å². The zero-order valence-corrected chi connectivity index (χ0v) is 6.26. The molecule has 1 aliphatic heterocycles. The summed E-state index contributed by atoms with van der Waals surface area (Å²) in [7, 11) is 0. The van der Waals surface area contributed by atoms with E-state index in [2.05, 4.69) is 15.9 Å². The van der Waals surface area contributed by atoms with Gasteiger partial charge in [-0.3, -0.25) is 4.90 Å². The summed E-state index contributed by atoms with van der Waals surface area (Å²) >= 11 is 3.20. The van der Waals surface area contributed by atoms with Gasteiger partial charge in [0.25, 0.3) is 0 Å². The van der Waals surface area contributed by atoms with Crippen molar-refractivity contribution in [3.05, 3.63) is 10.6 Å². The van der Waals surface area contributed by atoms with Crippen molar-refractivity contribution in [2.45, 2.75) is 0 Å². The van der Waals surface area contributed by atoms with Crippen LogP contribution in [-0.2, 0) is 0 Å². The monoisotopic (exact) mass is 191 g/mol. The van der Waals surface area contributed by atoms with Crippen LogP contribution in [0.1, 0.15) is 0 Å². The van der Waals surface area contributed by atoms with Gasteiger partial charge in [0.2, 0.25) is 0 Å². The van der Waals surface area contributed by atoms with Crippen molar-refractivity contribution in [2.24, 2.45) is 0 Å². The second-order valence-corrected chi connectivity index (χ2v) is 2.83. The minimum Gasteiger partial charge on any atom is -0.465 e. The Morgan fingerprint density at radius 2 is 2.56 bits per heavy atom. The fourth-order valence-electron chi connectivity index (χ4n) is 0.666. The van der Waals surface area contributed by atoms with E-state index in [1.54, 1.807) is 0 Å². The predicted octanol–water partition coefficient (Wildman–Crippen LogP) is 1.26. The molecule has 50 valence electrons. The lowest BCUT2D eigenvalue weighted by Crippen LogP contribution is -2.26. The molecule has 9 heavy (non-hydrogen) atoms. The highest BCUT2D eigenvalue weighted by Crippen LogP contribution is 2.13. The molecule has 0 aromatic heterocycles. The molecule has 1 N–H and O–H groups in total. The van der Waals surface area contributed by atoms with Crippen molar-refractivity contribution >= 4 is 22.0 Å². The molecule has 0 bridgehead atoms. The molecule has 0 aromatic rings. The maximum absolute atomic E-state index is 10.2. The van der Waals surface area contributed by atoms with Gasteiger partial charge in [-0.05, 0) is 0 Å². The summed E-state index contributed by atoms with van der Waals surface area (Å²) in [6.07, 6.45) is 0.981. The molecule has 0 spiro atoms. The lowest BCUT2D eigenvalue weighted by Gasteiger charge is -2.08. The van der Waals surface area contributed by atoms with Crippen molar-refractivity contribution in [2.75, 3.05) is 13.1 Å². The minimum absolute atomic E-state index is 0.495. The van der Waals surface area contributed by atoms with Gasteiger partial charge in [0.15, 0.2) is 0 Å². The van der Waals surface area contributed by atoms with E-state index < -0.39 is 6.09 Å². The Morgan fingerprint density at radius 1 is 1.89 bits per heavy atom. The Labute approximate surface area is 61.1 Å². The maximum Gasteiger partial charge on any atom is 0.407 e. The Bertz CT molecular complexity index is 166. The number of halogens is 1. The molecule has 0 aromatic carbocycles. The van der Waals surface area contributed by atoms with E-state index in [0.29, 0.717) is 13.1 Å². The van der Waals surface area contributed by atoms with Gasteiger partial charge in [0.05, 0.1) is 6.54 Å². The first-order chi connectivity index (χ1) is 4.20. The Kier molecular flexibility index (Phi) is 1.75. The molecule has 0 saturated carbocycles. The minimum atomic E-state index is -0.860. The van der Waals surface area contributed by atoms with E-state index in [-0.39, 0.29) is 0 Å². The molecule has 0 fully saturated rings. The normalized spacial score (nSPS) is 17.9. The van der Waals surface area contributed by atoms with E-state index in [1.807, 2.05) is 6.08 Å². The van der Waals surface area contributed by atoms with Gasteiger partial charge in [-0.1, -0.05) is 22.0 Å². The fourth-order valence-corrected chi connectivity index (χ4v) is 1.11. The highest BCUT2D eigenvalue weighted by Gasteiger charge is 2.15. The molecule has 0 radical (unpaired) electrons. The van der Waals surface area contributed by atoms with Crippen LogP contribution in [0.2, 0.25) is 0 Å². The van der Waals surface area contributed by atoms with Gasteiger partial charge in [-0.15, -0.1) is 0 Å². The maximum atomic E-state index is 10.2. The van der Waals surface area contributed by atoms with Crippen molar-refractivity contribution in [3.63, 3.8) is 0 Å². The molecule has 1 rings (SSSR count). The van der Waals surface area contributed by atoms with Gasteiger partial charge in [0.1, 0.15) is 0 Å². The first kappa shape index (κ1) is 6.61. The molecule has 0 unspecified atom stereocenters. The zero-order chi connectivity index (χ0) is 6.85. The topological polar surface area (TPSA) is 40.5 Å². The van der Waals surface area contributed by atoms with Gasteiger partial charge in [-0.25, -0.2) is 4.79 Å². The number of hydrogen-bond donors (Lipinski definition) is 1. The van der Waals surface area contributed by atoms with E-state index in [1.165, 1.54) is 4.90 Å². The van der Waals surface area contributed by atoms with Crippen LogP contribution >= 0.6 is 15.9 Å². The molecular formula is C5H6BrNO2. The summed E-state index contributed by atoms with van der Waals surface area (Å²) in [5.74, 6) is 0. The van der Waals surface area contributed by atoms with Crippen LogP contribution in [0.3, 0.4) is 0 Å². The number of amides is 1. The van der Waals surface area contributed by atoms with Crippen LogP contribution in [0.25, 0.3) is 0 Å². The second-order valence-electron chi connectivity index (χ2n) is 1.81. The van der Waals surface area contributed by atoms with Crippen LogP contribution in [-0.4, -0.2) is 29.2 Å². The Balaban J connectivity index is 2.47. The van der Waals surface area contributed by atoms with Crippen LogP contribution in [0.4, 0.5) is 4.79 Å². The van der Waals surface area contributed by atoms with Crippen LogP contribution < -0.4 is 0 Å². The Morgan fingerprint density at radius 3 is 2.78 bits per heavy atom. The molecule has 0 saturated heterocycles. The number of nitrogens with zero attached hydrogens (tertiary/aromatic N) is 1. The molecule has 0 aliphatic carbocycles. The van der Waals surface area contributed by atoms with Gasteiger partial charge in [-0.2, -0.15) is 0 Å². The largest absolute Gasteiger partial charge is 0.465 e. The second kappa shape index (κ2) is 2.39. The molecular weight excluding hydrogens is 186 g/mol. The highest BCUT2D eigenvalue weighted by molar-refractivity contribution is 9.11. The van der Waals surface area contributed by atoms with Gasteiger partial charge >= 0.3 is 6.09 Å².